The molecule has 0 aliphatic carbocycles. The van der Waals surface area contributed by atoms with Crippen molar-refractivity contribution < 1.29 is 19.1 Å². The molecule has 2 heterocycles. The number of thioether (sulfide) groups is 1. The van der Waals surface area contributed by atoms with Gasteiger partial charge in [0.25, 0.3) is 11.8 Å². The van der Waals surface area contributed by atoms with E-state index < -0.39 is 0 Å². The lowest BCUT2D eigenvalue weighted by Gasteiger charge is -2.26. The van der Waals surface area contributed by atoms with E-state index in [9.17, 15) is 9.59 Å². The molecular weight excluding hydrogens is 494 g/mol. The summed E-state index contributed by atoms with van der Waals surface area (Å²) in [5.41, 5.74) is 2.74. The van der Waals surface area contributed by atoms with E-state index in [-0.39, 0.29) is 18.4 Å². The van der Waals surface area contributed by atoms with Crippen molar-refractivity contribution in [2.45, 2.75) is 6.92 Å². The zero-order chi connectivity index (χ0) is 22.5. The first-order valence-electron chi connectivity index (χ1n) is 10.1. The second kappa shape index (κ2) is 10.3. The fraction of sp³-hybridized carbons (Fsp3) is 0.261. The largest absolute Gasteiger partial charge is 0.483 e. The van der Waals surface area contributed by atoms with Crippen LogP contribution in [0.25, 0.3) is 6.08 Å². The van der Waals surface area contributed by atoms with Crippen LogP contribution in [0.1, 0.15) is 11.1 Å². The summed E-state index contributed by atoms with van der Waals surface area (Å²) in [6.07, 6.45) is 1.80. The lowest BCUT2D eigenvalue weighted by molar-refractivity contribution is -0.137. The minimum absolute atomic E-state index is 0.0317. The van der Waals surface area contributed by atoms with Gasteiger partial charge in [0.2, 0.25) is 0 Å². The van der Waals surface area contributed by atoms with Gasteiger partial charge in [-0.25, -0.2) is 4.99 Å². The summed E-state index contributed by atoms with van der Waals surface area (Å²) in [5, 5.41) is 3.35. The molecule has 1 N–H and O–H groups in total. The Morgan fingerprint density at radius 2 is 2.09 bits per heavy atom. The number of hydrogen-bond donors (Lipinski definition) is 1. The molecule has 2 saturated heterocycles. The maximum Gasteiger partial charge on any atom is 0.264 e. The molecule has 32 heavy (non-hydrogen) atoms. The third kappa shape index (κ3) is 5.79. The van der Waals surface area contributed by atoms with Crippen LogP contribution >= 0.6 is 27.7 Å². The minimum atomic E-state index is -0.186. The Bertz CT molecular complexity index is 1100. The number of amides is 2. The van der Waals surface area contributed by atoms with E-state index in [0.29, 0.717) is 46.6 Å². The maximum atomic E-state index is 12.4. The van der Waals surface area contributed by atoms with Crippen LogP contribution < -0.4 is 10.1 Å². The second-order valence-electron chi connectivity index (χ2n) is 7.29. The van der Waals surface area contributed by atoms with Crippen molar-refractivity contribution in [2.24, 2.45) is 4.99 Å². The van der Waals surface area contributed by atoms with Crippen LogP contribution in [0.2, 0.25) is 0 Å². The zero-order valence-electron chi connectivity index (χ0n) is 17.5. The summed E-state index contributed by atoms with van der Waals surface area (Å²) in [6, 6.07) is 13.3. The quantitative estimate of drug-likeness (QED) is 0.611. The number of halogens is 1. The normalized spacial score (nSPS) is 18.8. The van der Waals surface area contributed by atoms with Gasteiger partial charge in [-0.1, -0.05) is 18.2 Å². The Hall–Kier alpha value is -2.62. The molecule has 7 nitrogen and oxygen atoms in total. The third-order valence-electron chi connectivity index (χ3n) is 4.85. The van der Waals surface area contributed by atoms with Gasteiger partial charge in [-0.3, -0.25) is 9.59 Å². The van der Waals surface area contributed by atoms with Crippen molar-refractivity contribution in [2.75, 3.05) is 32.9 Å². The predicted octanol–water partition coefficient (Wildman–Crippen LogP) is 3.89. The number of aliphatic imine (C=N–C) groups is 1. The Morgan fingerprint density at radius 1 is 1.28 bits per heavy atom. The van der Waals surface area contributed by atoms with E-state index in [2.05, 4.69) is 26.2 Å². The van der Waals surface area contributed by atoms with Crippen molar-refractivity contribution in [3.8, 4) is 5.75 Å². The van der Waals surface area contributed by atoms with Crippen molar-refractivity contribution in [1.29, 1.82) is 0 Å². The van der Waals surface area contributed by atoms with Crippen molar-refractivity contribution in [1.82, 2.24) is 10.2 Å². The zero-order valence-corrected chi connectivity index (χ0v) is 19.9. The Balaban J connectivity index is 1.40. The van der Waals surface area contributed by atoms with Gasteiger partial charge in [-0.2, -0.15) is 0 Å². The number of carbonyl (C=O) groups is 2. The van der Waals surface area contributed by atoms with Gasteiger partial charge in [0.05, 0.1) is 28.3 Å². The number of ether oxygens (including phenoxy) is 2. The molecule has 2 aliphatic heterocycles. The first-order valence-corrected chi connectivity index (χ1v) is 11.7. The molecule has 2 aromatic rings. The fourth-order valence-corrected chi connectivity index (χ4v) is 4.57. The number of nitrogens with zero attached hydrogens (tertiary/aromatic N) is 2. The van der Waals surface area contributed by atoms with Crippen LogP contribution in [0.15, 0.2) is 56.8 Å². The molecule has 166 valence electrons. The third-order valence-corrected chi connectivity index (χ3v) is 6.38. The fourth-order valence-electron chi connectivity index (χ4n) is 3.21. The smallest absolute Gasteiger partial charge is 0.264 e. The molecule has 2 aromatic carbocycles. The molecule has 0 atom stereocenters. The van der Waals surface area contributed by atoms with E-state index >= 15 is 0 Å². The summed E-state index contributed by atoms with van der Waals surface area (Å²) in [5.74, 6) is 0.318. The summed E-state index contributed by atoms with van der Waals surface area (Å²) in [7, 11) is 0. The lowest BCUT2D eigenvalue weighted by Crippen LogP contribution is -2.43. The average molecular weight is 516 g/mol. The number of amidine groups is 1. The molecule has 0 radical (unpaired) electrons. The van der Waals surface area contributed by atoms with Crippen LogP contribution in [0.4, 0.5) is 5.69 Å². The van der Waals surface area contributed by atoms with Crippen molar-refractivity contribution in [3.63, 3.8) is 0 Å². The molecular formula is C23H22BrN3O4S. The number of aryl methyl sites for hydroxylation is 1. The van der Waals surface area contributed by atoms with Gasteiger partial charge in [0.1, 0.15) is 5.75 Å². The van der Waals surface area contributed by atoms with E-state index in [0.717, 1.165) is 16.8 Å². The van der Waals surface area contributed by atoms with Gasteiger partial charge in [0.15, 0.2) is 11.8 Å². The Kier molecular flexibility index (Phi) is 7.29. The predicted molar refractivity (Wildman–Crippen MR) is 129 cm³/mol. The summed E-state index contributed by atoms with van der Waals surface area (Å²) >= 11 is 4.79. The molecule has 0 spiro atoms. The Labute approximate surface area is 199 Å². The highest BCUT2D eigenvalue weighted by atomic mass is 79.9. The Morgan fingerprint density at radius 3 is 2.84 bits per heavy atom. The van der Waals surface area contributed by atoms with E-state index in [1.165, 1.54) is 11.8 Å². The molecule has 0 unspecified atom stereocenters. The van der Waals surface area contributed by atoms with Gasteiger partial charge in [0, 0.05) is 13.1 Å². The second-order valence-corrected chi connectivity index (χ2v) is 9.18. The summed E-state index contributed by atoms with van der Waals surface area (Å²) in [6.45, 7) is 4.26. The van der Waals surface area contributed by atoms with Crippen molar-refractivity contribution >= 4 is 56.4 Å². The molecule has 0 aromatic heterocycles. The minimum Gasteiger partial charge on any atom is -0.483 e. The molecule has 9 heteroatoms. The number of carbonyl (C=O) groups excluding carboxylic acids is 2. The first-order chi connectivity index (χ1) is 15.5. The van der Waals surface area contributed by atoms with E-state index in [1.54, 1.807) is 17.0 Å². The topological polar surface area (TPSA) is 80.2 Å². The number of nitrogens with one attached hydrogen (secondary N) is 1. The van der Waals surface area contributed by atoms with Crippen molar-refractivity contribution in [3.05, 3.63) is 63.0 Å². The van der Waals surface area contributed by atoms with Crippen LogP contribution in [0.5, 0.6) is 5.75 Å². The van der Waals surface area contributed by atoms with Gasteiger partial charge >= 0.3 is 0 Å². The van der Waals surface area contributed by atoms with Gasteiger partial charge < -0.3 is 19.7 Å². The highest BCUT2D eigenvalue weighted by molar-refractivity contribution is 9.10. The summed E-state index contributed by atoms with van der Waals surface area (Å²) in [4.78, 5) is 31.4. The van der Waals surface area contributed by atoms with Crippen LogP contribution in [0, 0.1) is 6.92 Å². The number of morpholine rings is 1. The average Bonchev–Trinajstić information content (AvgIpc) is 3.12. The molecule has 0 saturated carbocycles. The molecule has 2 amide bonds. The molecule has 2 aliphatic rings. The van der Waals surface area contributed by atoms with Crippen LogP contribution in [-0.2, 0) is 14.3 Å². The van der Waals surface area contributed by atoms with E-state index in [1.807, 2.05) is 43.3 Å². The monoisotopic (exact) mass is 515 g/mol. The molecule has 0 bridgehead atoms. The standard InChI is InChI=1S/C23H22BrN3O4S/c1-15-3-2-4-17(11-15)25-23-26-22(29)20(32-23)13-16-5-6-19(18(24)12-16)31-14-21(28)27-7-9-30-10-8-27/h2-6,11-13H,7-10,14H2,1H3,(H,25,26,29)/b20-13-. The van der Waals surface area contributed by atoms with Crippen LogP contribution in [-0.4, -0.2) is 54.8 Å². The maximum absolute atomic E-state index is 12.4. The van der Waals surface area contributed by atoms with Gasteiger partial charge in [-0.05, 0) is 76.1 Å². The number of benzene rings is 2. The number of hydrogen-bond acceptors (Lipinski definition) is 6. The lowest BCUT2D eigenvalue weighted by atomic mass is 10.2. The summed E-state index contributed by atoms with van der Waals surface area (Å²) < 4.78 is 11.7. The number of rotatable bonds is 5. The molecule has 4 rings (SSSR count). The van der Waals surface area contributed by atoms with Gasteiger partial charge in [-0.15, -0.1) is 0 Å². The highest BCUT2D eigenvalue weighted by Crippen LogP contribution is 2.31. The van der Waals surface area contributed by atoms with Crippen LogP contribution in [0.3, 0.4) is 0 Å². The first kappa shape index (κ1) is 22.6. The SMILES string of the molecule is Cc1cccc(N=C2NC(=O)/C(=C/c3ccc(OCC(=O)N4CCOCC4)c(Br)c3)S2)c1. The molecule has 2 fully saturated rings. The van der Waals surface area contributed by atoms with E-state index in [4.69, 9.17) is 9.47 Å². The highest BCUT2D eigenvalue weighted by Gasteiger charge is 2.24.